The van der Waals surface area contributed by atoms with Crippen molar-refractivity contribution in [2.45, 2.75) is 26.3 Å². The monoisotopic (exact) mass is 394 g/mol. The van der Waals surface area contributed by atoms with E-state index in [0.717, 1.165) is 48.2 Å². The summed E-state index contributed by atoms with van der Waals surface area (Å²) in [7, 11) is 0. The Balaban J connectivity index is 1.37. The van der Waals surface area contributed by atoms with Crippen molar-refractivity contribution < 1.29 is 4.79 Å². The van der Waals surface area contributed by atoms with E-state index in [1.54, 1.807) is 6.33 Å². The first kappa shape index (κ1) is 18.7. The lowest BCUT2D eigenvalue weighted by Gasteiger charge is -2.32. The van der Waals surface area contributed by atoms with Crippen LogP contribution in [0.1, 0.15) is 24.0 Å². The molecule has 0 atom stereocenters. The summed E-state index contributed by atoms with van der Waals surface area (Å²) in [6.07, 6.45) is 3.21. The third-order valence-corrected chi connectivity index (χ3v) is 5.57. The van der Waals surface area contributed by atoms with Gasteiger partial charge in [-0.2, -0.15) is 0 Å². The molecule has 1 aromatic heterocycles. The van der Waals surface area contributed by atoms with Gasteiger partial charge in [0.25, 0.3) is 0 Å². The third-order valence-electron chi connectivity index (χ3n) is 5.33. The molecule has 3 aromatic rings. The number of benzene rings is 2. The molecule has 1 amide bonds. The Morgan fingerprint density at radius 3 is 2.64 bits per heavy atom. The first-order chi connectivity index (χ1) is 13.6. The first-order valence-electron chi connectivity index (χ1n) is 9.58. The number of amides is 1. The number of carbonyl (C=O) groups excluding carboxylic acids is 1. The predicted molar refractivity (Wildman–Crippen MR) is 113 cm³/mol. The molecule has 144 valence electrons. The first-order valence-corrected chi connectivity index (χ1v) is 9.96. The summed E-state index contributed by atoms with van der Waals surface area (Å²) in [5, 5.41) is 4.74. The molecular weight excluding hydrogens is 372 g/mol. The molecule has 5 nitrogen and oxygen atoms in total. The highest BCUT2D eigenvalue weighted by Crippen LogP contribution is 2.28. The third kappa shape index (κ3) is 4.09. The van der Waals surface area contributed by atoms with Crippen molar-refractivity contribution in [3.05, 3.63) is 64.9 Å². The Bertz CT molecular complexity index is 981. The Kier molecular flexibility index (Phi) is 5.44. The van der Waals surface area contributed by atoms with Crippen LogP contribution in [0.25, 0.3) is 10.9 Å². The molecular formula is C22H23ClN4O. The van der Waals surface area contributed by atoms with Gasteiger partial charge >= 0.3 is 0 Å². The van der Waals surface area contributed by atoms with Crippen LogP contribution in [0, 0.1) is 12.8 Å². The Morgan fingerprint density at radius 2 is 1.89 bits per heavy atom. The molecule has 2 heterocycles. The molecule has 4 rings (SSSR count). The van der Waals surface area contributed by atoms with Crippen LogP contribution in [0.3, 0.4) is 0 Å². The minimum atomic E-state index is 0.0456. The zero-order valence-corrected chi connectivity index (χ0v) is 16.6. The van der Waals surface area contributed by atoms with Crippen molar-refractivity contribution in [2.75, 3.05) is 18.0 Å². The minimum absolute atomic E-state index is 0.0456. The maximum atomic E-state index is 12.6. The van der Waals surface area contributed by atoms with Crippen molar-refractivity contribution in [3.63, 3.8) is 0 Å². The second kappa shape index (κ2) is 8.15. The molecule has 1 N–H and O–H groups in total. The van der Waals surface area contributed by atoms with E-state index in [1.807, 2.05) is 18.2 Å². The number of anilines is 1. The van der Waals surface area contributed by atoms with Gasteiger partial charge in [0.2, 0.25) is 5.91 Å². The molecule has 1 aliphatic heterocycles. The van der Waals surface area contributed by atoms with E-state index in [4.69, 9.17) is 11.6 Å². The van der Waals surface area contributed by atoms with Gasteiger partial charge in [0.05, 0.1) is 5.52 Å². The highest BCUT2D eigenvalue weighted by molar-refractivity contribution is 6.31. The fourth-order valence-corrected chi connectivity index (χ4v) is 3.83. The Morgan fingerprint density at radius 1 is 1.14 bits per heavy atom. The largest absolute Gasteiger partial charge is 0.356 e. The van der Waals surface area contributed by atoms with Gasteiger partial charge in [-0.05, 0) is 43.5 Å². The molecule has 6 heteroatoms. The number of hydrogen-bond acceptors (Lipinski definition) is 4. The maximum absolute atomic E-state index is 12.6. The molecule has 0 spiro atoms. The van der Waals surface area contributed by atoms with Gasteiger partial charge in [0.1, 0.15) is 12.1 Å². The van der Waals surface area contributed by atoms with Crippen LogP contribution in [-0.4, -0.2) is 29.0 Å². The molecule has 0 aliphatic carbocycles. The molecule has 2 aromatic carbocycles. The predicted octanol–water partition coefficient (Wildman–Crippen LogP) is 4.12. The number of hydrogen-bond donors (Lipinski definition) is 1. The smallest absolute Gasteiger partial charge is 0.223 e. The van der Waals surface area contributed by atoms with Gasteiger partial charge in [0.15, 0.2) is 0 Å². The van der Waals surface area contributed by atoms with E-state index in [1.165, 1.54) is 5.56 Å². The summed E-state index contributed by atoms with van der Waals surface area (Å²) in [5.74, 6) is 1.10. The van der Waals surface area contributed by atoms with Crippen LogP contribution in [0.4, 0.5) is 5.82 Å². The number of aromatic nitrogens is 2. The van der Waals surface area contributed by atoms with Crippen molar-refractivity contribution in [2.24, 2.45) is 5.92 Å². The number of halogens is 1. The van der Waals surface area contributed by atoms with Crippen molar-refractivity contribution in [3.8, 4) is 0 Å². The Labute approximate surface area is 169 Å². The van der Waals surface area contributed by atoms with Crippen LogP contribution < -0.4 is 10.2 Å². The summed E-state index contributed by atoms with van der Waals surface area (Å²) in [6, 6.07) is 13.9. The quantitative estimate of drug-likeness (QED) is 0.723. The highest BCUT2D eigenvalue weighted by atomic mass is 35.5. The average molecular weight is 395 g/mol. The Hall–Kier alpha value is -2.66. The normalized spacial score (nSPS) is 15.0. The minimum Gasteiger partial charge on any atom is -0.356 e. The van der Waals surface area contributed by atoms with Gasteiger partial charge in [-0.1, -0.05) is 41.4 Å². The number of carbonyl (C=O) groups is 1. The zero-order valence-electron chi connectivity index (χ0n) is 15.9. The number of fused-ring (bicyclic) bond motifs is 1. The molecule has 0 radical (unpaired) electrons. The van der Waals surface area contributed by atoms with E-state index in [-0.39, 0.29) is 11.8 Å². The second-order valence-electron chi connectivity index (χ2n) is 7.32. The number of nitrogens with zero attached hydrogens (tertiary/aromatic N) is 3. The zero-order chi connectivity index (χ0) is 19.5. The summed E-state index contributed by atoms with van der Waals surface area (Å²) < 4.78 is 0. The van der Waals surface area contributed by atoms with Gasteiger partial charge in [0, 0.05) is 36.0 Å². The lowest BCUT2D eigenvalue weighted by molar-refractivity contribution is -0.125. The van der Waals surface area contributed by atoms with Gasteiger partial charge in [-0.3, -0.25) is 4.79 Å². The highest BCUT2D eigenvalue weighted by Gasteiger charge is 2.26. The average Bonchev–Trinajstić information content (AvgIpc) is 2.72. The molecule has 28 heavy (non-hydrogen) atoms. The van der Waals surface area contributed by atoms with Crippen LogP contribution in [0.15, 0.2) is 48.8 Å². The molecule has 0 bridgehead atoms. The van der Waals surface area contributed by atoms with Crippen LogP contribution in [0.5, 0.6) is 0 Å². The van der Waals surface area contributed by atoms with E-state index in [9.17, 15) is 4.79 Å². The molecule has 0 saturated carbocycles. The number of piperidine rings is 1. The molecule has 1 saturated heterocycles. The van der Waals surface area contributed by atoms with Gasteiger partial charge < -0.3 is 10.2 Å². The molecule has 0 unspecified atom stereocenters. The van der Waals surface area contributed by atoms with E-state index >= 15 is 0 Å². The van der Waals surface area contributed by atoms with E-state index in [2.05, 4.69) is 51.4 Å². The second-order valence-corrected chi connectivity index (χ2v) is 7.76. The lowest BCUT2D eigenvalue weighted by Crippen LogP contribution is -2.40. The standard InChI is InChI=1S/C22H23ClN4O/c1-15-2-4-16(5-3-15)13-24-22(28)17-8-10-27(11-9-17)21-19-7-6-18(23)12-20(19)25-14-26-21/h2-7,12,14,17H,8-11,13H2,1H3,(H,24,28). The summed E-state index contributed by atoms with van der Waals surface area (Å²) in [6.45, 7) is 4.25. The summed E-state index contributed by atoms with van der Waals surface area (Å²) >= 11 is 6.07. The summed E-state index contributed by atoms with van der Waals surface area (Å²) in [5.41, 5.74) is 3.19. The SMILES string of the molecule is Cc1ccc(CNC(=O)C2CCN(c3ncnc4cc(Cl)ccc34)CC2)cc1. The molecule has 1 fully saturated rings. The van der Waals surface area contributed by atoms with Crippen LogP contribution in [0.2, 0.25) is 5.02 Å². The summed E-state index contributed by atoms with van der Waals surface area (Å²) in [4.78, 5) is 23.6. The van der Waals surface area contributed by atoms with Gasteiger partial charge in [-0.25, -0.2) is 9.97 Å². The topological polar surface area (TPSA) is 58.1 Å². The van der Waals surface area contributed by atoms with Crippen LogP contribution in [-0.2, 0) is 11.3 Å². The number of aryl methyl sites for hydroxylation is 1. The number of rotatable bonds is 4. The molecule has 1 aliphatic rings. The maximum Gasteiger partial charge on any atom is 0.223 e. The fourth-order valence-electron chi connectivity index (χ4n) is 3.66. The van der Waals surface area contributed by atoms with E-state index < -0.39 is 0 Å². The van der Waals surface area contributed by atoms with Gasteiger partial charge in [-0.15, -0.1) is 0 Å². The van der Waals surface area contributed by atoms with Crippen molar-refractivity contribution in [1.82, 2.24) is 15.3 Å². The van der Waals surface area contributed by atoms with Crippen molar-refractivity contribution >= 4 is 34.2 Å². The van der Waals surface area contributed by atoms with E-state index in [0.29, 0.717) is 11.6 Å². The number of nitrogens with one attached hydrogen (secondary N) is 1. The lowest BCUT2D eigenvalue weighted by atomic mass is 9.95. The van der Waals surface area contributed by atoms with Crippen LogP contribution >= 0.6 is 11.6 Å². The van der Waals surface area contributed by atoms with Crippen molar-refractivity contribution in [1.29, 1.82) is 0 Å². The fraction of sp³-hybridized carbons (Fsp3) is 0.318.